The fourth-order valence-electron chi connectivity index (χ4n) is 0.529. The average molecular weight is 169 g/mol. The van der Waals surface area contributed by atoms with Crippen LogP contribution in [-0.2, 0) is 0 Å². The Morgan fingerprint density at radius 2 is 2.60 bits per heavy atom. The lowest BCUT2D eigenvalue weighted by Gasteiger charge is -1.84. The normalized spacial score (nSPS) is 8.70. The number of hydrogen-bond acceptors (Lipinski definition) is 4. The molecule has 0 fully saturated rings. The van der Waals surface area contributed by atoms with E-state index in [4.69, 9.17) is 5.26 Å². The maximum absolute atomic E-state index is 10.3. The molecule has 10 heavy (non-hydrogen) atoms. The topological polar surface area (TPSA) is 40.9 Å². The standard InChI is InChI=1S/C6H3NOS2/c7-4-10-5-1-2-9-6(5)3-8/h1-3H. The summed E-state index contributed by atoms with van der Waals surface area (Å²) in [6, 6.07) is 1.77. The van der Waals surface area contributed by atoms with Crippen LogP contribution >= 0.6 is 23.1 Å². The van der Waals surface area contributed by atoms with Crippen LogP contribution in [-0.4, -0.2) is 6.29 Å². The Labute approximate surface area is 66.5 Å². The van der Waals surface area contributed by atoms with E-state index in [1.807, 2.05) is 5.40 Å². The smallest absolute Gasteiger partial charge is 0.161 e. The molecule has 1 heterocycles. The molecule has 50 valence electrons. The molecule has 0 aliphatic rings. The van der Waals surface area contributed by atoms with Crippen molar-refractivity contribution in [2.45, 2.75) is 4.90 Å². The summed E-state index contributed by atoms with van der Waals surface area (Å²) in [5.41, 5.74) is 0. The van der Waals surface area contributed by atoms with E-state index in [0.29, 0.717) is 4.88 Å². The quantitative estimate of drug-likeness (QED) is 0.387. The van der Waals surface area contributed by atoms with E-state index in [2.05, 4.69) is 0 Å². The van der Waals surface area contributed by atoms with Gasteiger partial charge in [0.05, 0.1) is 4.88 Å². The number of thioether (sulfide) groups is 1. The lowest BCUT2D eigenvalue weighted by atomic mass is 10.5. The number of thiocyanates is 1. The van der Waals surface area contributed by atoms with Crippen molar-refractivity contribution in [3.05, 3.63) is 16.3 Å². The van der Waals surface area contributed by atoms with Crippen molar-refractivity contribution in [2.75, 3.05) is 0 Å². The molecular weight excluding hydrogens is 166 g/mol. The van der Waals surface area contributed by atoms with Crippen LogP contribution in [0.3, 0.4) is 0 Å². The summed E-state index contributed by atoms with van der Waals surface area (Å²) in [7, 11) is 0. The highest BCUT2D eigenvalue weighted by molar-refractivity contribution is 8.03. The second-order valence-electron chi connectivity index (χ2n) is 1.46. The highest BCUT2D eigenvalue weighted by atomic mass is 32.2. The molecule has 0 aliphatic heterocycles. The van der Waals surface area contributed by atoms with Crippen molar-refractivity contribution in [2.24, 2.45) is 0 Å². The van der Waals surface area contributed by atoms with Gasteiger partial charge in [-0.05, 0) is 23.2 Å². The Kier molecular flexibility index (Phi) is 2.49. The van der Waals surface area contributed by atoms with Gasteiger partial charge < -0.3 is 0 Å². The van der Waals surface area contributed by atoms with Crippen molar-refractivity contribution >= 4 is 29.4 Å². The third kappa shape index (κ3) is 1.38. The van der Waals surface area contributed by atoms with Gasteiger partial charge >= 0.3 is 0 Å². The van der Waals surface area contributed by atoms with E-state index >= 15 is 0 Å². The fraction of sp³-hybridized carbons (Fsp3) is 0. The molecule has 1 aromatic heterocycles. The largest absolute Gasteiger partial charge is 0.297 e. The monoisotopic (exact) mass is 169 g/mol. The molecule has 0 amide bonds. The Hall–Kier alpha value is -0.790. The van der Waals surface area contributed by atoms with Gasteiger partial charge in [-0.15, -0.1) is 11.3 Å². The predicted molar refractivity (Wildman–Crippen MR) is 41.2 cm³/mol. The van der Waals surface area contributed by atoms with E-state index < -0.39 is 0 Å². The number of thiophene rings is 1. The van der Waals surface area contributed by atoms with Gasteiger partial charge in [0.2, 0.25) is 0 Å². The molecule has 1 rings (SSSR count). The summed E-state index contributed by atoms with van der Waals surface area (Å²) in [4.78, 5) is 11.6. The maximum atomic E-state index is 10.3. The van der Waals surface area contributed by atoms with E-state index in [1.165, 1.54) is 11.3 Å². The number of nitriles is 1. The first-order chi connectivity index (χ1) is 4.88. The van der Waals surface area contributed by atoms with E-state index in [9.17, 15) is 4.79 Å². The molecule has 0 unspecified atom stereocenters. The van der Waals surface area contributed by atoms with Crippen LogP contribution in [0.15, 0.2) is 16.3 Å². The molecule has 1 aromatic rings. The number of aldehydes is 1. The van der Waals surface area contributed by atoms with E-state index in [0.717, 1.165) is 22.9 Å². The number of carbonyl (C=O) groups excluding carboxylic acids is 1. The number of hydrogen-bond donors (Lipinski definition) is 0. The third-order valence-corrected chi connectivity index (χ3v) is 2.56. The highest BCUT2D eigenvalue weighted by Crippen LogP contribution is 2.24. The zero-order valence-electron chi connectivity index (χ0n) is 4.90. The predicted octanol–water partition coefficient (Wildman–Crippen LogP) is 2.13. The number of carbonyl (C=O) groups is 1. The Morgan fingerprint density at radius 3 is 3.20 bits per heavy atom. The average Bonchev–Trinajstić information content (AvgIpc) is 2.36. The van der Waals surface area contributed by atoms with Gasteiger partial charge in [-0.2, -0.15) is 5.26 Å². The van der Waals surface area contributed by atoms with Crippen LogP contribution in [0.1, 0.15) is 9.67 Å². The van der Waals surface area contributed by atoms with Gasteiger partial charge in [-0.1, -0.05) is 0 Å². The molecule has 0 bridgehead atoms. The molecule has 0 atom stereocenters. The van der Waals surface area contributed by atoms with Gasteiger partial charge in [-0.25, -0.2) is 0 Å². The first kappa shape index (κ1) is 7.32. The number of rotatable bonds is 2. The molecule has 0 saturated carbocycles. The zero-order valence-corrected chi connectivity index (χ0v) is 6.54. The minimum Gasteiger partial charge on any atom is -0.297 e. The van der Waals surface area contributed by atoms with Crippen LogP contribution in [0.25, 0.3) is 0 Å². The Balaban J connectivity index is 2.92. The van der Waals surface area contributed by atoms with Crippen LogP contribution in [0.4, 0.5) is 0 Å². The Morgan fingerprint density at radius 1 is 1.80 bits per heavy atom. The summed E-state index contributed by atoms with van der Waals surface area (Å²) >= 11 is 2.37. The second kappa shape index (κ2) is 3.40. The molecular formula is C6H3NOS2. The first-order valence-electron chi connectivity index (χ1n) is 2.47. The molecule has 0 aromatic carbocycles. The van der Waals surface area contributed by atoms with Gasteiger partial charge in [0.15, 0.2) is 6.29 Å². The molecule has 0 N–H and O–H groups in total. The third-order valence-electron chi connectivity index (χ3n) is 0.920. The molecule has 0 saturated heterocycles. The van der Waals surface area contributed by atoms with Gasteiger partial charge in [0.25, 0.3) is 0 Å². The SMILES string of the molecule is N#CSc1ccsc1C=O. The molecule has 2 nitrogen and oxygen atoms in total. The summed E-state index contributed by atoms with van der Waals surface area (Å²) in [6.07, 6.45) is 0.768. The van der Waals surface area contributed by atoms with Crippen LogP contribution < -0.4 is 0 Å². The summed E-state index contributed by atoms with van der Waals surface area (Å²) in [5.74, 6) is 0. The van der Waals surface area contributed by atoms with Crippen molar-refractivity contribution < 1.29 is 4.79 Å². The van der Waals surface area contributed by atoms with Crippen LogP contribution in [0, 0.1) is 10.7 Å². The summed E-state index contributed by atoms with van der Waals surface area (Å²) in [5, 5.41) is 12.0. The van der Waals surface area contributed by atoms with Crippen molar-refractivity contribution in [3.63, 3.8) is 0 Å². The minimum atomic E-state index is 0.631. The maximum Gasteiger partial charge on any atom is 0.161 e. The van der Waals surface area contributed by atoms with Crippen molar-refractivity contribution in [3.8, 4) is 5.40 Å². The molecule has 0 aliphatic carbocycles. The lowest BCUT2D eigenvalue weighted by molar-refractivity contribution is 0.112. The van der Waals surface area contributed by atoms with Gasteiger partial charge in [-0.3, -0.25) is 4.79 Å². The molecule has 4 heteroatoms. The molecule has 0 spiro atoms. The fourth-order valence-corrected chi connectivity index (χ4v) is 1.86. The summed E-state index contributed by atoms with van der Waals surface area (Å²) < 4.78 is 0. The van der Waals surface area contributed by atoms with Crippen LogP contribution in [0.5, 0.6) is 0 Å². The van der Waals surface area contributed by atoms with E-state index in [-0.39, 0.29) is 0 Å². The van der Waals surface area contributed by atoms with Crippen molar-refractivity contribution in [1.29, 1.82) is 5.26 Å². The second-order valence-corrected chi connectivity index (χ2v) is 3.23. The van der Waals surface area contributed by atoms with Crippen LogP contribution in [0.2, 0.25) is 0 Å². The molecule has 0 radical (unpaired) electrons. The summed E-state index contributed by atoms with van der Waals surface area (Å²) in [6.45, 7) is 0. The van der Waals surface area contributed by atoms with Gasteiger partial charge in [0, 0.05) is 4.90 Å². The zero-order chi connectivity index (χ0) is 7.40. The van der Waals surface area contributed by atoms with E-state index in [1.54, 1.807) is 11.4 Å². The first-order valence-corrected chi connectivity index (χ1v) is 4.16. The van der Waals surface area contributed by atoms with Gasteiger partial charge in [0.1, 0.15) is 5.40 Å². The number of nitrogens with zero attached hydrogens (tertiary/aromatic N) is 1. The Bertz CT molecular complexity index is 274. The minimum absolute atomic E-state index is 0.631. The lowest BCUT2D eigenvalue weighted by Crippen LogP contribution is -1.71. The highest BCUT2D eigenvalue weighted by Gasteiger charge is 2.01. The van der Waals surface area contributed by atoms with Crippen molar-refractivity contribution in [1.82, 2.24) is 0 Å².